The monoisotopic (exact) mass is 466 g/mol. The van der Waals surface area contributed by atoms with Gasteiger partial charge in [-0.25, -0.2) is 14.6 Å². The summed E-state index contributed by atoms with van der Waals surface area (Å²) in [6.07, 6.45) is 1.72. The molecular weight excluding hydrogens is 444 g/mol. The van der Waals surface area contributed by atoms with Crippen LogP contribution in [0.2, 0.25) is 0 Å². The largest absolute Gasteiger partial charge is 0.465 e. The summed E-state index contributed by atoms with van der Waals surface area (Å²) < 4.78 is 19.9. The van der Waals surface area contributed by atoms with Crippen LogP contribution in [-0.4, -0.2) is 49.6 Å². The Labute approximate surface area is 194 Å². The summed E-state index contributed by atoms with van der Waals surface area (Å²) in [6.45, 7) is -0.594. The first kappa shape index (κ1) is 24.2. The van der Waals surface area contributed by atoms with E-state index in [0.29, 0.717) is 11.7 Å². The van der Waals surface area contributed by atoms with E-state index in [2.05, 4.69) is 19.8 Å². The Morgan fingerprint density at radius 2 is 1.71 bits per heavy atom. The van der Waals surface area contributed by atoms with Gasteiger partial charge in [0.2, 0.25) is 0 Å². The SMILES string of the molecule is COC(=O)c1ccc(C(=O)OC)c(NC(=O)COC(=O)CCc2ncc(-c3ccccc3)o2)c1. The normalized spacial score (nSPS) is 10.3. The third-order valence-corrected chi connectivity index (χ3v) is 4.64. The zero-order valence-corrected chi connectivity index (χ0v) is 18.5. The molecule has 34 heavy (non-hydrogen) atoms. The molecule has 10 heteroatoms. The number of ether oxygens (including phenoxy) is 3. The molecule has 1 N–H and O–H groups in total. The van der Waals surface area contributed by atoms with Crippen LogP contribution in [0.25, 0.3) is 11.3 Å². The first-order chi connectivity index (χ1) is 16.4. The molecule has 0 saturated heterocycles. The lowest BCUT2D eigenvalue weighted by atomic mass is 10.1. The highest BCUT2D eigenvalue weighted by atomic mass is 16.5. The molecule has 1 amide bonds. The highest BCUT2D eigenvalue weighted by Crippen LogP contribution is 2.21. The Kier molecular flexibility index (Phi) is 8.11. The number of hydrogen-bond acceptors (Lipinski definition) is 9. The van der Waals surface area contributed by atoms with Crippen LogP contribution in [0.1, 0.15) is 33.0 Å². The molecule has 176 valence electrons. The highest BCUT2D eigenvalue weighted by Gasteiger charge is 2.18. The van der Waals surface area contributed by atoms with Gasteiger partial charge in [-0.1, -0.05) is 30.3 Å². The Hall–Kier alpha value is -4.47. The second kappa shape index (κ2) is 11.4. The number of esters is 3. The van der Waals surface area contributed by atoms with Crippen molar-refractivity contribution >= 4 is 29.5 Å². The summed E-state index contributed by atoms with van der Waals surface area (Å²) in [7, 11) is 2.38. The van der Waals surface area contributed by atoms with E-state index >= 15 is 0 Å². The van der Waals surface area contributed by atoms with Gasteiger partial charge >= 0.3 is 17.9 Å². The molecule has 0 unspecified atom stereocenters. The van der Waals surface area contributed by atoms with Crippen LogP contribution in [0.15, 0.2) is 59.1 Å². The number of anilines is 1. The molecule has 0 aliphatic heterocycles. The number of hydrogen-bond donors (Lipinski definition) is 1. The van der Waals surface area contributed by atoms with E-state index < -0.39 is 30.4 Å². The van der Waals surface area contributed by atoms with Crippen molar-refractivity contribution in [1.29, 1.82) is 0 Å². The minimum atomic E-state index is -0.718. The average molecular weight is 466 g/mol. The maximum Gasteiger partial charge on any atom is 0.339 e. The van der Waals surface area contributed by atoms with E-state index in [-0.39, 0.29) is 29.7 Å². The summed E-state index contributed by atoms with van der Waals surface area (Å²) in [5.74, 6) is -1.76. The van der Waals surface area contributed by atoms with E-state index in [0.717, 1.165) is 5.56 Å². The van der Waals surface area contributed by atoms with Gasteiger partial charge in [-0.15, -0.1) is 0 Å². The fourth-order valence-electron chi connectivity index (χ4n) is 2.96. The van der Waals surface area contributed by atoms with Crippen LogP contribution in [0.4, 0.5) is 5.69 Å². The maximum absolute atomic E-state index is 12.3. The van der Waals surface area contributed by atoms with Crippen molar-refractivity contribution in [2.24, 2.45) is 0 Å². The zero-order valence-electron chi connectivity index (χ0n) is 18.5. The Morgan fingerprint density at radius 1 is 0.971 bits per heavy atom. The number of rotatable bonds is 9. The molecule has 0 spiro atoms. The van der Waals surface area contributed by atoms with E-state index in [1.54, 1.807) is 6.20 Å². The van der Waals surface area contributed by atoms with Gasteiger partial charge in [-0.05, 0) is 18.2 Å². The first-order valence-electron chi connectivity index (χ1n) is 10.2. The van der Waals surface area contributed by atoms with Crippen molar-refractivity contribution in [3.8, 4) is 11.3 Å². The Balaban J connectivity index is 1.53. The van der Waals surface area contributed by atoms with Gasteiger partial charge in [0.15, 0.2) is 18.3 Å². The van der Waals surface area contributed by atoms with Crippen molar-refractivity contribution in [1.82, 2.24) is 4.98 Å². The quantitative estimate of drug-likeness (QED) is 0.373. The summed E-state index contributed by atoms with van der Waals surface area (Å²) in [5.41, 5.74) is 1.02. The van der Waals surface area contributed by atoms with E-state index in [1.165, 1.54) is 32.4 Å². The molecule has 0 aliphatic carbocycles. The molecule has 0 aliphatic rings. The molecule has 0 saturated carbocycles. The molecular formula is C24H22N2O8. The molecule has 1 aromatic heterocycles. The van der Waals surface area contributed by atoms with Crippen LogP contribution in [0.3, 0.4) is 0 Å². The van der Waals surface area contributed by atoms with Crippen molar-refractivity contribution in [2.75, 3.05) is 26.1 Å². The molecule has 2 aromatic carbocycles. The molecule has 0 atom stereocenters. The number of carbonyl (C=O) groups excluding carboxylic acids is 4. The number of nitrogens with one attached hydrogen (secondary N) is 1. The minimum Gasteiger partial charge on any atom is -0.465 e. The third-order valence-electron chi connectivity index (χ3n) is 4.64. The lowest BCUT2D eigenvalue weighted by molar-refractivity contribution is -0.147. The number of benzene rings is 2. The Bertz CT molecular complexity index is 1190. The van der Waals surface area contributed by atoms with Crippen molar-refractivity contribution in [3.05, 3.63) is 71.7 Å². The molecule has 3 aromatic rings. The highest BCUT2D eigenvalue weighted by molar-refractivity contribution is 6.04. The van der Waals surface area contributed by atoms with Crippen LogP contribution >= 0.6 is 0 Å². The summed E-state index contributed by atoms with van der Waals surface area (Å²) in [5, 5.41) is 2.44. The van der Waals surface area contributed by atoms with Crippen LogP contribution in [-0.2, 0) is 30.2 Å². The van der Waals surface area contributed by atoms with Crippen molar-refractivity contribution < 1.29 is 37.8 Å². The number of carbonyl (C=O) groups is 4. The standard InChI is InChI=1S/C24H22N2O8/c1-31-23(29)16-8-9-17(24(30)32-2)18(12-16)26-20(27)14-33-22(28)11-10-21-25-13-19(34-21)15-6-4-3-5-7-15/h3-9,12-13H,10-11,14H2,1-2H3,(H,26,27). The molecule has 0 radical (unpaired) electrons. The van der Waals surface area contributed by atoms with Gasteiger partial charge in [0.05, 0.1) is 43.7 Å². The summed E-state index contributed by atoms with van der Waals surface area (Å²) in [4.78, 5) is 52.2. The molecule has 10 nitrogen and oxygen atoms in total. The number of aromatic nitrogens is 1. The lowest BCUT2D eigenvalue weighted by Gasteiger charge is -2.11. The first-order valence-corrected chi connectivity index (χ1v) is 10.2. The van der Waals surface area contributed by atoms with Gasteiger partial charge in [-0.3, -0.25) is 9.59 Å². The van der Waals surface area contributed by atoms with Crippen molar-refractivity contribution in [3.63, 3.8) is 0 Å². The van der Waals surface area contributed by atoms with Gasteiger partial charge < -0.3 is 23.9 Å². The summed E-state index contributed by atoms with van der Waals surface area (Å²) >= 11 is 0. The average Bonchev–Trinajstić information content (AvgIpc) is 3.35. The van der Waals surface area contributed by atoms with Crippen LogP contribution < -0.4 is 5.32 Å². The molecule has 0 bridgehead atoms. The molecule has 3 rings (SSSR count). The number of nitrogens with zero attached hydrogens (tertiary/aromatic N) is 1. The van der Waals surface area contributed by atoms with Crippen molar-refractivity contribution in [2.45, 2.75) is 12.8 Å². The second-order valence-corrected chi connectivity index (χ2v) is 6.94. The molecule has 1 heterocycles. The zero-order chi connectivity index (χ0) is 24.5. The van der Waals surface area contributed by atoms with E-state index in [1.807, 2.05) is 30.3 Å². The smallest absolute Gasteiger partial charge is 0.339 e. The fraction of sp³-hybridized carbons (Fsp3) is 0.208. The maximum atomic E-state index is 12.3. The molecule has 0 fully saturated rings. The number of oxazole rings is 1. The van der Waals surface area contributed by atoms with Gasteiger partial charge in [-0.2, -0.15) is 0 Å². The minimum absolute atomic E-state index is 0.0176. The van der Waals surface area contributed by atoms with Crippen LogP contribution in [0, 0.1) is 0 Å². The lowest BCUT2D eigenvalue weighted by Crippen LogP contribution is -2.22. The predicted octanol–water partition coefficient (Wildman–Crippen LogP) is 3.03. The fourth-order valence-corrected chi connectivity index (χ4v) is 2.96. The third kappa shape index (κ3) is 6.28. The van der Waals surface area contributed by atoms with Gasteiger partial charge in [0.1, 0.15) is 0 Å². The van der Waals surface area contributed by atoms with Crippen LogP contribution in [0.5, 0.6) is 0 Å². The number of methoxy groups -OCH3 is 2. The predicted molar refractivity (Wildman–Crippen MR) is 119 cm³/mol. The topological polar surface area (TPSA) is 134 Å². The van der Waals surface area contributed by atoms with E-state index in [9.17, 15) is 19.2 Å². The van der Waals surface area contributed by atoms with Gasteiger partial charge in [0.25, 0.3) is 5.91 Å². The summed E-state index contributed by atoms with van der Waals surface area (Å²) in [6, 6.07) is 13.3. The Morgan fingerprint density at radius 3 is 2.41 bits per heavy atom. The van der Waals surface area contributed by atoms with E-state index in [4.69, 9.17) is 9.15 Å². The second-order valence-electron chi connectivity index (χ2n) is 6.94. The van der Waals surface area contributed by atoms with Gasteiger partial charge in [0, 0.05) is 12.0 Å². The number of aryl methyl sites for hydroxylation is 1. The number of amides is 1.